The van der Waals surface area contributed by atoms with Crippen molar-refractivity contribution < 1.29 is 4.79 Å². The van der Waals surface area contributed by atoms with Crippen LogP contribution in [0.25, 0.3) is 0 Å². The smallest absolute Gasteiger partial charge is 0.123 e. The van der Waals surface area contributed by atoms with Crippen LogP contribution < -0.4 is 0 Å². The third-order valence-corrected chi connectivity index (χ3v) is 3.94. The number of nitriles is 1. The van der Waals surface area contributed by atoms with E-state index in [2.05, 4.69) is 6.07 Å². The Labute approximate surface area is 109 Å². The van der Waals surface area contributed by atoms with E-state index in [1.807, 2.05) is 24.3 Å². The summed E-state index contributed by atoms with van der Waals surface area (Å²) in [6, 6.07) is 9.97. The van der Waals surface area contributed by atoms with E-state index in [0.29, 0.717) is 11.8 Å². The molecule has 0 unspecified atom stereocenters. The summed E-state index contributed by atoms with van der Waals surface area (Å²) in [4.78, 5) is 10.8. The van der Waals surface area contributed by atoms with Gasteiger partial charge in [0.2, 0.25) is 0 Å². The van der Waals surface area contributed by atoms with Crippen molar-refractivity contribution in [1.82, 2.24) is 0 Å². The van der Waals surface area contributed by atoms with Gasteiger partial charge < -0.3 is 4.79 Å². The van der Waals surface area contributed by atoms with E-state index in [9.17, 15) is 4.79 Å². The van der Waals surface area contributed by atoms with Gasteiger partial charge >= 0.3 is 0 Å². The van der Waals surface area contributed by atoms with Gasteiger partial charge in [-0.2, -0.15) is 5.26 Å². The van der Waals surface area contributed by atoms with E-state index in [1.165, 1.54) is 18.4 Å². The summed E-state index contributed by atoms with van der Waals surface area (Å²) in [6.07, 6.45) is 7.96. The molecule has 94 valence electrons. The molecule has 2 heteroatoms. The number of benzene rings is 1. The number of hydrogen-bond acceptors (Lipinski definition) is 2. The molecule has 18 heavy (non-hydrogen) atoms. The first-order valence-corrected chi connectivity index (χ1v) is 6.76. The van der Waals surface area contributed by atoms with Crippen molar-refractivity contribution in [3.63, 3.8) is 0 Å². The van der Waals surface area contributed by atoms with Crippen molar-refractivity contribution in [3.05, 3.63) is 35.4 Å². The second-order valence-electron chi connectivity index (χ2n) is 5.28. The highest BCUT2D eigenvalue weighted by Crippen LogP contribution is 2.30. The Morgan fingerprint density at radius 3 is 2.72 bits per heavy atom. The van der Waals surface area contributed by atoms with E-state index < -0.39 is 0 Å². The van der Waals surface area contributed by atoms with E-state index in [0.717, 1.165) is 37.5 Å². The SMILES string of the molecule is N#Cc1ccc(CC[C@@H]2CCC[C@H](C=O)C2)cc1. The van der Waals surface area contributed by atoms with Crippen molar-refractivity contribution >= 4 is 6.29 Å². The maximum atomic E-state index is 10.8. The van der Waals surface area contributed by atoms with Gasteiger partial charge in [0.15, 0.2) is 0 Å². The summed E-state index contributed by atoms with van der Waals surface area (Å²) in [5, 5.41) is 8.74. The summed E-state index contributed by atoms with van der Waals surface area (Å²) in [5.41, 5.74) is 2.01. The molecule has 0 N–H and O–H groups in total. The Hall–Kier alpha value is -1.62. The van der Waals surface area contributed by atoms with Gasteiger partial charge in [-0.15, -0.1) is 0 Å². The number of aldehydes is 1. The van der Waals surface area contributed by atoms with Gasteiger partial charge in [0, 0.05) is 5.92 Å². The Morgan fingerprint density at radius 2 is 2.06 bits per heavy atom. The monoisotopic (exact) mass is 241 g/mol. The van der Waals surface area contributed by atoms with Crippen LogP contribution in [-0.4, -0.2) is 6.29 Å². The van der Waals surface area contributed by atoms with E-state index in [4.69, 9.17) is 5.26 Å². The summed E-state index contributed by atoms with van der Waals surface area (Å²) in [7, 11) is 0. The van der Waals surface area contributed by atoms with Gasteiger partial charge in [-0.05, 0) is 49.3 Å². The Balaban J connectivity index is 1.83. The molecule has 0 radical (unpaired) electrons. The van der Waals surface area contributed by atoms with Crippen LogP contribution in [0.2, 0.25) is 0 Å². The van der Waals surface area contributed by atoms with Crippen LogP contribution in [0.3, 0.4) is 0 Å². The first-order chi connectivity index (χ1) is 8.81. The fraction of sp³-hybridized carbons (Fsp3) is 0.500. The maximum Gasteiger partial charge on any atom is 0.123 e. The van der Waals surface area contributed by atoms with Crippen molar-refractivity contribution in [2.24, 2.45) is 11.8 Å². The van der Waals surface area contributed by atoms with Crippen LogP contribution in [-0.2, 0) is 11.2 Å². The van der Waals surface area contributed by atoms with Gasteiger partial charge in [0.25, 0.3) is 0 Å². The molecule has 0 heterocycles. The predicted octanol–water partition coefficient (Wildman–Crippen LogP) is 3.50. The first kappa shape index (κ1) is 12.8. The summed E-state index contributed by atoms with van der Waals surface area (Å²) in [5.74, 6) is 0.995. The molecule has 0 aromatic heterocycles. The molecule has 1 aliphatic rings. The second kappa shape index (κ2) is 6.35. The third kappa shape index (κ3) is 3.43. The lowest BCUT2D eigenvalue weighted by atomic mass is 9.79. The fourth-order valence-corrected chi connectivity index (χ4v) is 2.84. The lowest BCUT2D eigenvalue weighted by molar-refractivity contribution is -0.112. The molecule has 2 nitrogen and oxygen atoms in total. The average molecular weight is 241 g/mol. The van der Waals surface area contributed by atoms with Gasteiger partial charge in [-0.3, -0.25) is 0 Å². The van der Waals surface area contributed by atoms with Crippen LogP contribution in [0.15, 0.2) is 24.3 Å². The molecule has 1 aromatic carbocycles. The normalized spacial score (nSPS) is 23.3. The molecule has 0 saturated heterocycles. The van der Waals surface area contributed by atoms with Crippen molar-refractivity contribution in [3.8, 4) is 6.07 Å². The highest BCUT2D eigenvalue weighted by Gasteiger charge is 2.21. The minimum Gasteiger partial charge on any atom is -0.303 e. The highest BCUT2D eigenvalue weighted by atomic mass is 16.1. The van der Waals surface area contributed by atoms with Gasteiger partial charge in [-0.1, -0.05) is 25.0 Å². The van der Waals surface area contributed by atoms with Crippen LogP contribution in [0.4, 0.5) is 0 Å². The Kier molecular flexibility index (Phi) is 4.52. The quantitative estimate of drug-likeness (QED) is 0.757. The summed E-state index contributed by atoms with van der Waals surface area (Å²) >= 11 is 0. The van der Waals surface area contributed by atoms with Crippen molar-refractivity contribution in [2.75, 3.05) is 0 Å². The lowest BCUT2D eigenvalue weighted by Gasteiger charge is -2.25. The molecule has 2 atom stereocenters. The maximum absolute atomic E-state index is 10.8. The van der Waals surface area contributed by atoms with Gasteiger partial charge in [0.1, 0.15) is 6.29 Å². The summed E-state index contributed by atoms with van der Waals surface area (Å²) < 4.78 is 0. The van der Waals surface area contributed by atoms with Crippen molar-refractivity contribution in [1.29, 1.82) is 5.26 Å². The second-order valence-corrected chi connectivity index (χ2v) is 5.28. The number of aryl methyl sites for hydroxylation is 1. The van der Waals surface area contributed by atoms with Crippen LogP contribution in [0.1, 0.15) is 43.2 Å². The molecular weight excluding hydrogens is 222 g/mol. The fourth-order valence-electron chi connectivity index (χ4n) is 2.84. The molecule has 0 amide bonds. The molecule has 2 rings (SSSR count). The largest absolute Gasteiger partial charge is 0.303 e. The third-order valence-electron chi connectivity index (χ3n) is 3.94. The van der Waals surface area contributed by atoms with Gasteiger partial charge in [0.05, 0.1) is 11.6 Å². The molecule has 0 spiro atoms. The molecule has 1 aromatic rings. The molecule has 0 bridgehead atoms. The van der Waals surface area contributed by atoms with Crippen LogP contribution in [0, 0.1) is 23.2 Å². The topological polar surface area (TPSA) is 40.9 Å². The number of carbonyl (C=O) groups is 1. The zero-order valence-corrected chi connectivity index (χ0v) is 10.6. The molecule has 0 aliphatic heterocycles. The number of nitrogens with zero attached hydrogens (tertiary/aromatic N) is 1. The first-order valence-electron chi connectivity index (χ1n) is 6.76. The van der Waals surface area contributed by atoms with E-state index in [-0.39, 0.29) is 0 Å². The minimum atomic E-state index is 0.296. The lowest BCUT2D eigenvalue weighted by Crippen LogP contribution is -2.17. The highest BCUT2D eigenvalue weighted by molar-refractivity contribution is 5.53. The molecular formula is C16H19NO. The zero-order chi connectivity index (χ0) is 12.8. The van der Waals surface area contributed by atoms with Gasteiger partial charge in [-0.25, -0.2) is 0 Å². The van der Waals surface area contributed by atoms with E-state index >= 15 is 0 Å². The van der Waals surface area contributed by atoms with Crippen LogP contribution in [0.5, 0.6) is 0 Å². The number of rotatable bonds is 4. The zero-order valence-electron chi connectivity index (χ0n) is 10.6. The van der Waals surface area contributed by atoms with Crippen molar-refractivity contribution in [2.45, 2.75) is 38.5 Å². The average Bonchev–Trinajstić information content (AvgIpc) is 2.46. The predicted molar refractivity (Wildman–Crippen MR) is 71.0 cm³/mol. The number of carbonyl (C=O) groups excluding carboxylic acids is 1. The molecule has 1 fully saturated rings. The van der Waals surface area contributed by atoms with E-state index in [1.54, 1.807) is 0 Å². The Bertz CT molecular complexity index is 429. The standard InChI is InChI=1S/C16H19NO/c17-11-15-8-5-13(6-9-15)4-7-14-2-1-3-16(10-14)12-18/h5-6,8-9,12,14,16H,1-4,7,10H2/t14-,16-/m0/s1. The Morgan fingerprint density at radius 1 is 1.28 bits per heavy atom. The van der Waals surface area contributed by atoms with Crippen LogP contribution >= 0.6 is 0 Å². The summed E-state index contributed by atoms with van der Waals surface area (Å²) in [6.45, 7) is 0. The number of hydrogen-bond donors (Lipinski definition) is 0. The molecule has 1 saturated carbocycles. The minimum absolute atomic E-state index is 0.296. The molecule has 1 aliphatic carbocycles.